The number of urea groups is 1. The molecule has 1 aromatic heterocycles. The van der Waals surface area contributed by atoms with Crippen LogP contribution in [0.3, 0.4) is 0 Å². The molecule has 0 aliphatic heterocycles. The van der Waals surface area contributed by atoms with E-state index >= 15 is 0 Å². The number of nitrogens with two attached hydrogens (primary N) is 1. The van der Waals surface area contributed by atoms with Gasteiger partial charge in [-0.15, -0.1) is 0 Å². The molecule has 0 radical (unpaired) electrons. The second-order valence-corrected chi connectivity index (χ2v) is 6.81. The molecule has 1 aromatic carbocycles. The Morgan fingerprint density at radius 3 is 2.64 bits per heavy atom. The van der Waals surface area contributed by atoms with E-state index in [-0.39, 0.29) is 0 Å². The van der Waals surface area contributed by atoms with Crippen molar-refractivity contribution in [1.82, 2.24) is 14.9 Å². The van der Waals surface area contributed by atoms with Crippen molar-refractivity contribution < 1.29 is 9.59 Å². The Morgan fingerprint density at radius 2 is 2.00 bits per heavy atom. The summed E-state index contributed by atoms with van der Waals surface area (Å²) in [5.41, 5.74) is 6.92. The smallest absolute Gasteiger partial charge is 0.318 e. The van der Waals surface area contributed by atoms with Crippen molar-refractivity contribution >= 4 is 34.7 Å². The number of benzene rings is 1. The van der Waals surface area contributed by atoms with Crippen LogP contribution in [0.2, 0.25) is 0 Å². The van der Waals surface area contributed by atoms with E-state index in [9.17, 15) is 9.59 Å². The van der Waals surface area contributed by atoms with Crippen molar-refractivity contribution in [2.24, 2.45) is 11.7 Å². The van der Waals surface area contributed by atoms with E-state index in [0.29, 0.717) is 5.92 Å². The number of imide groups is 1. The molecule has 0 aliphatic carbocycles. The molecule has 118 valence electrons. The topological polar surface area (TPSA) is 90.0 Å². The molecule has 2 aromatic rings. The molecule has 0 saturated carbocycles. The Hall–Kier alpha value is -2.02. The van der Waals surface area contributed by atoms with Crippen LogP contribution in [0.15, 0.2) is 29.4 Å². The Balaban J connectivity index is 2.29. The molecular weight excluding hydrogens is 300 g/mol. The highest BCUT2D eigenvalue weighted by atomic mass is 32.2. The number of primary amides is 1. The molecule has 3 amide bonds. The summed E-state index contributed by atoms with van der Waals surface area (Å²) < 4.78 is 2.11. The average Bonchev–Trinajstić information content (AvgIpc) is 2.75. The molecule has 2 rings (SSSR count). The van der Waals surface area contributed by atoms with Crippen LogP contribution in [0.5, 0.6) is 0 Å². The lowest BCUT2D eigenvalue weighted by Gasteiger charge is -2.14. The number of rotatable bonds is 5. The minimum Gasteiger partial charge on any atom is -0.351 e. The second-order valence-electron chi connectivity index (χ2n) is 5.50. The Morgan fingerprint density at radius 1 is 1.32 bits per heavy atom. The molecule has 0 unspecified atom stereocenters. The number of nitrogens with zero attached hydrogens (tertiary/aromatic N) is 2. The van der Waals surface area contributed by atoms with E-state index in [2.05, 4.69) is 28.7 Å². The van der Waals surface area contributed by atoms with Gasteiger partial charge in [-0.05, 0) is 25.0 Å². The fourth-order valence-corrected chi connectivity index (χ4v) is 3.05. The summed E-state index contributed by atoms with van der Waals surface area (Å²) in [7, 11) is 0. The van der Waals surface area contributed by atoms with Crippen molar-refractivity contribution in [1.29, 1.82) is 0 Å². The van der Waals surface area contributed by atoms with Gasteiger partial charge in [0.05, 0.1) is 16.3 Å². The molecule has 1 atom stereocenters. The molecule has 22 heavy (non-hydrogen) atoms. The van der Waals surface area contributed by atoms with Crippen molar-refractivity contribution in [3.63, 3.8) is 0 Å². The largest absolute Gasteiger partial charge is 0.351 e. The molecule has 7 heteroatoms. The number of amides is 3. The standard InChI is InChI=1S/C15H20N4O2S/c1-9(2)8-19-12-7-5-4-6-11(12)17-15(19)22-10(3)13(20)18-14(16)21/h4-7,9-10H,8H2,1-3H3,(H3,16,18,20,21)/t10-/m0/s1. The molecule has 6 nitrogen and oxygen atoms in total. The van der Waals surface area contributed by atoms with Crippen LogP contribution in [0.25, 0.3) is 11.0 Å². The minimum absolute atomic E-state index is 0.416. The number of thioether (sulfide) groups is 1. The third kappa shape index (κ3) is 3.79. The van der Waals surface area contributed by atoms with E-state index in [0.717, 1.165) is 22.7 Å². The van der Waals surface area contributed by atoms with Crippen molar-refractivity contribution in [2.75, 3.05) is 0 Å². The minimum atomic E-state index is -0.840. The fraction of sp³-hybridized carbons (Fsp3) is 0.400. The summed E-state index contributed by atoms with van der Waals surface area (Å²) in [4.78, 5) is 27.2. The van der Waals surface area contributed by atoms with Crippen molar-refractivity contribution in [3.8, 4) is 0 Å². The van der Waals surface area contributed by atoms with Crippen LogP contribution in [0.4, 0.5) is 4.79 Å². The highest BCUT2D eigenvalue weighted by Crippen LogP contribution is 2.28. The average molecular weight is 320 g/mol. The van der Waals surface area contributed by atoms with E-state index in [1.165, 1.54) is 11.8 Å². The van der Waals surface area contributed by atoms with E-state index < -0.39 is 17.2 Å². The summed E-state index contributed by atoms with van der Waals surface area (Å²) in [6.45, 7) is 6.80. The maximum Gasteiger partial charge on any atom is 0.318 e. The number of fused-ring (bicyclic) bond motifs is 1. The van der Waals surface area contributed by atoms with Crippen LogP contribution in [0, 0.1) is 5.92 Å². The van der Waals surface area contributed by atoms with E-state index in [1.807, 2.05) is 24.3 Å². The number of para-hydroxylation sites is 2. The first kappa shape index (κ1) is 16.4. The van der Waals surface area contributed by atoms with Gasteiger partial charge in [0, 0.05) is 6.54 Å². The van der Waals surface area contributed by atoms with Crippen LogP contribution < -0.4 is 11.1 Å². The third-order valence-electron chi connectivity index (χ3n) is 3.07. The molecular formula is C15H20N4O2S. The van der Waals surface area contributed by atoms with Gasteiger partial charge in [-0.2, -0.15) is 0 Å². The molecule has 0 fully saturated rings. The lowest BCUT2D eigenvalue weighted by atomic mass is 10.2. The van der Waals surface area contributed by atoms with Crippen LogP contribution in [0.1, 0.15) is 20.8 Å². The van der Waals surface area contributed by atoms with Gasteiger partial charge in [0.25, 0.3) is 0 Å². The van der Waals surface area contributed by atoms with Crippen LogP contribution >= 0.6 is 11.8 Å². The third-order valence-corrected chi connectivity index (χ3v) is 4.16. The van der Waals surface area contributed by atoms with E-state index in [4.69, 9.17) is 5.73 Å². The summed E-state index contributed by atoms with van der Waals surface area (Å²) in [5.74, 6) is 0.0346. The molecule has 0 spiro atoms. The van der Waals surface area contributed by atoms with Gasteiger partial charge in [0.15, 0.2) is 5.16 Å². The molecule has 1 heterocycles. The van der Waals surface area contributed by atoms with Gasteiger partial charge in [-0.3, -0.25) is 10.1 Å². The maximum absolute atomic E-state index is 11.8. The molecule has 3 N–H and O–H groups in total. The van der Waals surface area contributed by atoms with Gasteiger partial charge < -0.3 is 10.3 Å². The van der Waals surface area contributed by atoms with E-state index in [1.54, 1.807) is 6.92 Å². The first-order valence-electron chi connectivity index (χ1n) is 7.10. The zero-order chi connectivity index (χ0) is 16.3. The number of carbonyl (C=O) groups excluding carboxylic acids is 2. The van der Waals surface area contributed by atoms with Gasteiger partial charge in [0.2, 0.25) is 5.91 Å². The fourth-order valence-electron chi connectivity index (χ4n) is 2.12. The number of aromatic nitrogens is 2. The zero-order valence-corrected chi connectivity index (χ0v) is 13.7. The van der Waals surface area contributed by atoms with Gasteiger partial charge in [0.1, 0.15) is 0 Å². The first-order valence-corrected chi connectivity index (χ1v) is 7.98. The van der Waals surface area contributed by atoms with Gasteiger partial charge >= 0.3 is 6.03 Å². The lowest BCUT2D eigenvalue weighted by molar-refractivity contribution is -0.119. The van der Waals surface area contributed by atoms with Crippen molar-refractivity contribution in [3.05, 3.63) is 24.3 Å². The summed E-state index contributed by atoms with van der Waals surface area (Å²) in [5, 5.41) is 2.40. The lowest BCUT2D eigenvalue weighted by Crippen LogP contribution is -2.39. The normalized spacial score (nSPS) is 12.5. The predicted molar refractivity (Wildman–Crippen MR) is 87.6 cm³/mol. The molecule has 0 bridgehead atoms. The second kappa shape index (κ2) is 6.83. The highest BCUT2D eigenvalue weighted by Gasteiger charge is 2.20. The Labute approximate surface area is 133 Å². The SMILES string of the molecule is CC(C)Cn1c(S[C@@H](C)C(=O)NC(N)=O)nc2ccccc21. The van der Waals surface area contributed by atoms with Gasteiger partial charge in [-0.1, -0.05) is 37.7 Å². The molecule has 0 aliphatic rings. The Kier molecular flexibility index (Phi) is 5.07. The summed E-state index contributed by atoms with van der Waals surface area (Å²) in [6, 6.07) is 7.03. The first-order chi connectivity index (χ1) is 10.4. The summed E-state index contributed by atoms with van der Waals surface area (Å²) in [6.07, 6.45) is 0. The quantitative estimate of drug-likeness (QED) is 0.828. The number of hydrogen-bond donors (Lipinski definition) is 2. The Bertz CT molecular complexity index is 696. The predicted octanol–water partition coefficient (Wildman–Crippen LogP) is 2.37. The van der Waals surface area contributed by atoms with Gasteiger partial charge in [-0.25, -0.2) is 9.78 Å². The maximum atomic E-state index is 11.8. The number of imidazole rings is 1. The summed E-state index contributed by atoms with van der Waals surface area (Å²) >= 11 is 1.32. The zero-order valence-electron chi connectivity index (χ0n) is 12.9. The number of carbonyl (C=O) groups is 2. The number of hydrogen-bond acceptors (Lipinski definition) is 4. The van der Waals surface area contributed by atoms with Crippen LogP contribution in [-0.4, -0.2) is 26.7 Å². The monoisotopic (exact) mass is 320 g/mol. The highest BCUT2D eigenvalue weighted by molar-refractivity contribution is 8.00. The van der Waals surface area contributed by atoms with Crippen LogP contribution in [-0.2, 0) is 11.3 Å². The number of nitrogens with one attached hydrogen (secondary N) is 1. The van der Waals surface area contributed by atoms with Crippen molar-refractivity contribution in [2.45, 2.75) is 37.7 Å². The molecule has 0 saturated heterocycles.